The summed E-state index contributed by atoms with van der Waals surface area (Å²) >= 11 is 0. The number of benzene rings is 1. The smallest absolute Gasteiger partial charge is 0.373 e. The molecule has 0 unspecified atom stereocenters. The number of hydrogen-bond acceptors (Lipinski definition) is 3. The lowest BCUT2D eigenvalue weighted by Gasteiger charge is -2.43. The second kappa shape index (κ2) is 7.98. The summed E-state index contributed by atoms with van der Waals surface area (Å²) in [6.07, 6.45) is -11.6. The largest absolute Gasteiger partial charge is 0.426 e. The number of rotatable bonds is 6. The van der Waals surface area contributed by atoms with Gasteiger partial charge in [0.05, 0.1) is 4.90 Å². The molecule has 0 saturated heterocycles. The Morgan fingerprint density at radius 2 is 1.37 bits per heavy atom. The Hall–Kier alpha value is -1.33. The maximum Gasteiger partial charge on any atom is 0.426 e. The van der Waals surface area contributed by atoms with E-state index < -0.39 is 52.8 Å². The molecule has 170 valence electrons. The monoisotopic (exact) mass is 459 g/mol. The minimum absolute atomic E-state index is 0.0369. The standard InChI is InChI=1S/C19H23F6NO3S/c20-18(21,22)17(27,19(23,24)25)14-8-10-15(11-9-14)26(12-13-6-7-13)30(28,29)16-4-2-1-3-5-16/h1-5,13-15,27H,6-12H2. The van der Waals surface area contributed by atoms with Crippen LogP contribution in [0.15, 0.2) is 35.2 Å². The van der Waals surface area contributed by atoms with E-state index in [4.69, 9.17) is 0 Å². The number of alkyl halides is 6. The van der Waals surface area contributed by atoms with Crippen molar-refractivity contribution in [3.8, 4) is 0 Å². The van der Waals surface area contributed by atoms with Crippen LogP contribution in [0.4, 0.5) is 26.3 Å². The number of hydrogen-bond donors (Lipinski definition) is 1. The van der Waals surface area contributed by atoms with Crippen LogP contribution in [-0.2, 0) is 10.0 Å². The van der Waals surface area contributed by atoms with Crippen molar-refractivity contribution < 1.29 is 39.9 Å². The molecule has 2 aliphatic rings. The highest BCUT2D eigenvalue weighted by Crippen LogP contribution is 2.52. The van der Waals surface area contributed by atoms with E-state index in [1.807, 2.05) is 0 Å². The molecule has 2 fully saturated rings. The Morgan fingerprint density at radius 3 is 1.80 bits per heavy atom. The Kier molecular flexibility index (Phi) is 6.21. The van der Waals surface area contributed by atoms with E-state index in [1.165, 1.54) is 16.4 Å². The number of halogens is 6. The Balaban J connectivity index is 1.82. The lowest BCUT2D eigenvalue weighted by Crippen LogP contribution is -2.62. The Morgan fingerprint density at radius 1 is 0.867 bits per heavy atom. The predicted octanol–water partition coefficient (Wildman–Crippen LogP) is 4.50. The van der Waals surface area contributed by atoms with Gasteiger partial charge in [-0.3, -0.25) is 0 Å². The Bertz CT molecular complexity index is 814. The molecule has 0 heterocycles. The van der Waals surface area contributed by atoms with Crippen LogP contribution < -0.4 is 0 Å². The summed E-state index contributed by atoms with van der Waals surface area (Å²) in [5.74, 6) is -1.93. The maximum absolute atomic E-state index is 13.2. The molecule has 11 heteroatoms. The third-order valence-corrected chi connectivity index (χ3v) is 7.98. The normalized spacial score (nSPS) is 24.3. The first-order chi connectivity index (χ1) is 13.8. The first kappa shape index (κ1) is 23.3. The van der Waals surface area contributed by atoms with Crippen LogP contribution in [0.25, 0.3) is 0 Å². The van der Waals surface area contributed by atoms with Gasteiger partial charge in [0.2, 0.25) is 10.0 Å². The van der Waals surface area contributed by atoms with Gasteiger partial charge >= 0.3 is 12.4 Å². The van der Waals surface area contributed by atoms with Crippen LogP contribution in [0.2, 0.25) is 0 Å². The third-order valence-electron chi connectivity index (χ3n) is 6.04. The van der Waals surface area contributed by atoms with Gasteiger partial charge in [0, 0.05) is 18.5 Å². The van der Waals surface area contributed by atoms with Gasteiger partial charge in [0.15, 0.2) is 0 Å². The quantitative estimate of drug-likeness (QED) is 0.638. The van der Waals surface area contributed by atoms with Gasteiger partial charge in [-0.1, -0.05) is 18.2 Å². The zero-order valence-corrected chi connectivity index (χ0v) is 16.8. The fourth-order valence-corrected chi connectivity index (χ4v) is 5.91. The number of sulfonamides is 1. The van der Waals surface area contributed by atoms with Gasteiger partial charge in [-0.2, -0.15) is 30.6 Å². The van der Waals surface area contributed by atoms with Crippen LogP contribution in [0.3, 0.4) is 0 Å². The summed E-state index contributed by atoms with van der Waals surface area (Å²) in [7, 11) is -3.94. The molecular weight excluding hydrogens is 436 g/mol. The summed E-state index contributed by atoms with van der Waals surface area (Å²) in [5.41, 5.74) is -4.80. The molecule has 0 spiro atoms. The second-order valence-electron chi connectivity index (χ2n) is 8.10. The molecule has 4 nitrogen and oxygen atoms in total. The van der Waals surface area contributed by atoms with Crippen LogP contribution in [-0.4, -0.2) is 48.4 Å². The van der Waals surface area contributed by atoms with E-state index in [0.717, 1.165) is 12.8 Å². The lowest BCUT2D eigenvalue weighted by molar-refractivity contribution is -0.387. The molecule has 1 aromatic rings. The fraction of sp³-hybridized carbons (Fsp3) is 0.684. The van der Waals surface area contributed by atoms with Crippen molar-refractivity contribution in [1.29, 1.82) is 0 Å². The maximum atomic E-state index is 13.2. The van der Waals surface area contributed by atoms with Crippen LogP contribution in [0.1, 0.15) is 38.5 Å². The average Bonchev–Trinajstić information content (AvgIpc) is 3.49. The van der Waals surface area contributed by atoms with E-state index in [9.17, 15) is 39.9 Å². The van der Waals surface area contributed by atoms with Gasteiger partial charge in [0.1, 0.15) is 0 Å². The lowest BCUT2D eigenvalue weighted by atomic mass is 9.74. The molecule has 1 aromatic carbocycles. The summed E-state index contributed by atoms with van der Waals surface area (Å²) in [6.45, 7) is 0.190. The molecule has 0 amide bonds. The molecule has 0 bridgehead atoms. The molecule has 30 heavy (non-hydrogen) atoms. The van der Waals surface area contributed by atoms with Gasteiger partial charge in [0.25, 0.3) is 5.60 Å². The first-order valence-corrected chi connectivity index (χ1v) is 11.1. The van der Waals surface area contributed by atoms with E-state index in [1.54, 1.807) is 18.2 Å². The summed E-state index contributed by atoms with van der Waals surface area (Å²) in [5, 5.41) is 9.65. The van der Waals surface area contributed by atoms with Crippen molar-refractivity contribution in [2.45, 2.75) is 67.4 Å². The molecule has 3 rings (SSSR count). The first-order valence-electron chi connectivity index (χ1n) is 9.71. The SMILES string of the molecule is O=S(=O)(c1ccccc1)N(CC1CC1)C1CCC(C(O)(C(F)(F)F)C(F)(F)F)CC1. The van der Waals surface area contributed by atoms with E-state index in [2.05, 4.69) is 0 Å². The zero-order valence-electron chi connectivity index (χ0n) is 16.0. The predicted molar refractivity (Wildman–Crippen MR) is 95.9 cm³/mol. The summed E-state index contributed by atoms with van der Waals surface area (Å²) in [4.78, 5) is 0.0369. The molecular formula is C19H23F6NO3S. The molecule has 0 aromatic heterocycles. The van der Waals surface area contributed by atoms with E-state index in [0.29, 0.717) is 0 Å². The van der Waals surface area contributed by atoms with Crippen molar-refractivity contribution in [3.63, 3.8) is 0 Å². The van der Waals surface area contributed by atoms with Crippen LogP contribution >= 0.6 is 0 Å². The van der Waals surface area contributed by atoms with E-state index in [-0.39, 0.29) is 30.2 Å². The van der Waals surface area contributed by atoms with Gasteiger partial charge < -0.3 is 5.11 Å². The number of nitrogens with zero attached hydrogens (tertiary/aromatic N) is 1. The van der Waals surface area contributed by atoms with Gasteiger partial charge in [-0.15, -0.1) is 0 Å². The van der Waals surface area contributed by atoms with Crippen LogP contribution in [0.5, 0.6) is 0 Å². The van der Waals surface area contributed by atoms with Gasteiger partial charge in [-0.05, 0) is 56.6 Å². The van der Waals surface area contributed by atoms with Crippen molar-refractivity contribution in [2.24, 2.45) is 11.8 Å². The zero-order chi connectivity index (χ0) is 22.4. The fourth-order valence-electron chi connectivity index (χ4n) is 4.13. The van der Waals surface area contributed by atoms with E-state index >= 15 is 0 Å². The Labute approximate surface area is 170 Å². The molecule has 2 aliphatic carbocycles. The molecule has 0 atom stereocenters. The molecule has 0 aliphatic heterocycles. The highest BCUT2D eigenvalue weighted by Gasteiger charge is 2.73. The van der Waals surface area contributed by atoms with Crippen molar-refractivity contribution in [1.82, 2.24) is 4.31 Å². The van der Waals surface area contributed by atoms with Gasteiger partial charge in [-0.25, -0.2) is 8.42 Å². The van der Waals surface area contributed by atoms with Crippen molar-refractivity contribution >= 4 is 10.0 Å². The number of aliphatic hydroxyl groups is 1. The van der Waals surface area contributed by atoms with Crippen LogP contribution in [0, 0.1) is 11.8 Å². The summed E-state index contributed by atoms with van der Waals surface area (Å²) < 4.78 is 106. The topological polar surface area (TPSA) is 57.6 Å². The molecule has 2 saturated carbocycles. The summed E-state index contributed by atoms with van der Waals surface area (Å²) in [6, 6.07) is 6.85. The average molecular weight is 459 g/mol. The molecule has 0 radical (unpaired) electrons. The highest BCUT2D eigenvalue weighted by atomic mass is 32.2. The van der Waals surface area contributed by atoms with Crippen molar-refractivity contribution in [3.05, 3.63) is 30.3 Å². The second-order valence-corrected chi connectivity index (χ2v) is 9.99. The minimum atomic E-state index is -5.87. The van der Waals surface area contributed by atoms with Crippen molar-refractivity contribution in [2.75, 3.05) is 6.54 Å². The molecule has 1 N–H and O–H groups in total. The third kappa shape index (κ3) is 4.34. The highest BCUT2D eigenvalue weighted by molar-refractivity contribution is 7.89. The minimum Gasteiger partial charge on any atom is -0.373 e.